The standard InChI is InChI=1S/C22H20Cl2N2O3S2/c23-17-11-12-20(24)21(15-17)26(31(28,29)19-9-5-2-6-10-19)16-22(27)25-13-14-30-18-7-3-1-4-8-18/h1-12,15H,13-14,16H2,(H,25,27). The number of nitrogens with zero attached hydrogens (tertiary/aromatic N) is 1. The number of nitrogens with one attached hydrogen (secondary N) is 1. The quantitative estimate of drug-likeness (QED) is 0.332. The first kappa shape index (κ1) is 23.5. The minimum atomic E-state index is -4.04. The van der Waals surface area contributed by atoms with Crippen molar-refractivity contribution in [1.82, 2.24) is 5.32 Å². The van der Waals surface area contributed by atoms with E-state index < -0.39 is 22.5 Å². The Morgan fingerprint density at radius 2 is 1.58 bits per heavy atom. The van der Waals surface area contributed by atoms with E-state index in [-0.39, 0.29) is 15.6 Å². The Morgan fingerprint density at radius 3 is 2.26 bits per heavy atom. The maximum atomic E-state index is 13.3. The third-order valence-corrected chi connectivity index (χ3v) is 7.57. The van der Waals surface area contributed by atoms with Crippen LogP contribution in [0.5, 0.6) is 0 Å². The summed E-state index contributed by atoms with van der Waals surface area (Å²) in [6, 6.07) is 22.2. The number of anilines is 1. The second-order valence-corrected chi connectivity index (χ2v) is 10.3. The average molecular weight is 495 g/mol. The first-order valence-electron chi connectivity index (χ1n) is 9.35. The van der Waals surface area contributed by atoms with E-state index in [0.29, 0.717) is 17.3 Å². The molecule has 1 N–H and O–H groups in total. The molecule has 3 aromatic carbocycles. The molecule has 5 nitrogen and oxygen atoms in total. The van der Waals surface area contributed by atoms with Gasteiger partial charge in [0, 0.05) is 22.2 Å². The fourth-order valence-electron chi connectivity index (χ4n) is 2.76. The Morgan fingerprint density at radius 1 is 0.935 bits per heavy atom. The molecule has 3 rings (SSSR count). The number of hydrogen-bond acceptors (Lipinski definition) is 4. The van der Waals surface area contributed by atoms with Gasteiger partial charge in [-0.3, -0.25) is 9.10 Å². The summed E-state index contributed by atoms with van der Waals surface area (Å²) < 4.78 is 27.6. The van der Waals surface area contributed by atoms with Crippen molar-refractivity contribution in [3.8, 4) is 0 Å². The molecule has 0 aliphatic rings. The molecule has 0 saturated carbocycles. The van der Waals surface area contributed by atoms with Gasteiger partial charge in [-0.25, -0.2) is 8.42 Å². The molecule has 0 unspecified atom stereocenters. The lowest BCUT2D eigenvalue weighted by Gasteiger charge is -2.25. The Bertz CT molecular complexity index is 1130. The predicted octanol–water partition coefficient (Wildman–Crippen LogP) is 5.10. The molecule has 0 aromatic heterocycles. The number of carbonyl (C=O) groups is 1. The average Bonchev–Trinajstić information content (AvgIpc) is 2.78. The van der Waals surface area contributed by atoms with Gasteiger partial charge in [0.2, 0.25) is 5.91 Å². The maximum Gasteiger partial charge on any atom is 0.264 e. The highest BCUT2D eigenvalue weighted by atomic mass is 35.5. The molecule has 9 heteroatoms. The van der Waals surface area contributed by atoms with Crippen LogP contribution >= 0.6 is 35.0 Å². The van der Waals surface area contributed by atoms with Crippen molar-refractivity contribution in [1.29, 1.82) is 0 Å². The van der Waals surface area contributed by atoms with Gasteiger partial charge in [-0.15, -0.1) is 11.8 Å². The van der Waals surface area contributed by atoms with E-state index in [9.17, 15) is 13.2 Å². The smallest absolute Gasteiger partial charge is 0.264 e. The molecule has 162 valence electrons. The van der Waals surface area contributed by atoms with Crippen molar-refractivity contribution in [2.75, 3.05) is 23.1 Å². The van der Waals surface area contributed by atoms with Crippen LogP contribution in [-0.2, 0) is 14.8 Å². The van der Waals surface area contributed by atoms with E-state index in [1.54, 1.807) is 36.0 Å². The van der Waals surface area contributed by atoms with Gasteiger partial charge in [0.05, 0.1) is 15.6 Å². The van der Waals surface area contributed by atoms with Gasteiger partial charge in [0.1, 0.15) is 6.54 Å². The van der Waals surface area contributed by atoms with Crippen LogP contribution in [-0.4, -0.2) is 33.2 Å². The molecule has 3 aromatic rings. The number of amides is 1. The molecular formula is C22H20Cl2N2O3S2. The zero-order valence-corrected chi connectivity index (χ0v) is 19.5. The van der Waals surface area contributed by atoms with E-state index in [1.807, 2.05) is 30.3 Å². The minimum absolute atomic E-state index is 0.0541. The summed E-state index contributed by atoms with van der Waals surface area (Å²) >= 11 is 13.9. The molecule has 0 spiro atoms. The van der Waals surface area contributed by atoms with Crippen LogP contribution in [0.3, 0.4) is 0 Å². The summed E-state index contributed by atoms with van der Waals surface area (Å²) in [5.74, 6) is 0.211. The number of carbonyl (C=O) groups excluding carboxylic acids is 1. The topological polar surface area (TPSA) is 66.5 Å². The zero-order chi connectivity index (χ0) is 22.3. The highest BCUT2D eigenvalue weighted by molar-refractivity contribution is 7.99. The molecule has 0 saturated heterocycles. The number of hydrogen-bond donors (Lipinski definition) is 1. The van der Waals surface area contributed by atoms with E-state index in [0.717, 1.165) is 9.20 Å². The lowest BCUT2D eigenvalue weighted by molar-refractivity contribution is -0.119. The second-order valence-electron chi connectivity index (χ2n) is 6.43. The largest absolute Gasteiger partial charge is 0.354 e. The number of sulfonamides is 1. The van der Waals surface area contributed by atoms with Gasteiger partial charge < -0.3 is 5.32 Å². The predicted molar refractivity (Wildman–Crippen MR) is 128 cm³/mol. The molecule has 31 heavy (non-hydrogen) atoms. The summed E-state index contributed by atoms with van der Waals surface area (Å²) in [4.78, 5) is 13.8. The Balaban J connectivity index is 1.75. The molecular weight excluding hydrogens is 475 g/mol. The minimum Gasteiger partial charge on any atom is -0.354 e. The number of rotatable bonds is 9. The van der Waals surface area contributed by atoms with Crippen molar-refractivity contribution in [3.63, 3.8) is 0 Å². The van der Waals surface area contributed by atoms with Crippen molar-refractivity contribution in [2.24, 2.45) is 0 Å². The summed E-state index contributed by atoms with van der Waals surface area (Å²) in [6.07, 6.45) is 0. The first-order chi connectivity index (χ1) is 14.9. The molecule has 0 bridgehead atoms. The van der Waals surface area contributed by atoms with Gasteiger partial charge in [0.15, 0.2) is 0 Å². The SMILES string of the molecule is O=C(CN(c1cc(Cl)ccc1Cl)S(=O)(=O)c1ccccc1)NCCSc1ccccc1. The van der Waals surface area contributed by atoms with Gasteiger partial charge >= 0.3 is 0 Å². The van der Waals surface area contributed by atoms with E-state index in [4.69, 9.17) is 23.2 Å². The molecule has 0 radical (unpaired) electrons. The van der Waals surface area contributed by atoms with Crippen molar-refractivity contribution >= 4 is 56.6 Å². The van der Waals surface area contributed by atoms with Crippen LogP contribution in [0, 0.1) is 0 Å². The van der Waals surface area contributed by atoms with Gasteiger partial charge in [-0.05, 0) is 42.5 Å². The molecule has 1 amide bonds. The maximum absolute atomic E-state index is 13.3. The van der Waals surface area contributed by atoms with Crippen LogP contribution in [0.2, 0.25) is 10.0 Å². The summed E-state index contributed by atoms with van der Waals surface area (Å²) in [6.45, 7) is -0.0335. The van der Waals surface area contributed by atoms with E-state index in [2.05, 4.69) is 5.32 Å². The van der Waals surface area contributed by atoms with Crippen LogP contribution < -0.4 is 9.62 Å². The van der Waals surface area contributed by atoms with Crippen LogP contribution in [0.1, 0.15) is 0 Å². The summed E-state index contributed by atoms with van der Waals surface area (Å²) in [7, 11) is -4.04. The third-order valence-electron chi connectivity index (χ3n) is 4.23. The van der Waals surface area contributed by atoms with E-state index in [1.165, 1.54) is 24.3 Å². The molecule has 0 atom stereocenters. The van der Waals surface area contributed by atoms with Gasteiger partial charge in [-0.1, -0.05) is 59.6 Å². The van der Waals surface area contributed by atoms with Crippen molar-refractivity contribution in [2.45, 2.75) is 9.79 Å². The second kappa shape index (κ2) is 10.9. The van der Waals surface area contributed by atoms with Crippen molar-refractivity contribution in [3.05, 3.63) is 88.9 Å². The summed E-state index contributed by atoms with van der Waals surface area (Å²) in [5.41, 5.74) is 0.145. The Hall–Kier alpha value is -2.19. The lowest BCUT2D eigenvalue weighted by Crippen LogP contribution is -2.41. The Kier molecular flexibility index (Phi) is 8.26. The fraction of sp³-hybridized carbons (Fsp3) is 0.136. The number of benzene rings is 3. The van der Waals surface area contributed by atoms with Gasteiger partial charge in [0.25, 0.3) is 10.0 Å². The van der Waals surface area contributed by atoms with E-state index >= 15 is 0 Å². The number of thioether (sulfide) groups is 1. The highest BCUT2D eigenvalue weighted by Crippen LogP contribution is 2.32. The highest BCUT2D eigenvalue weighted by Gasteiger charge is 2.28. The van der Waals surface area contributed by atoms with Gasteiger partial charge in [-0.2, -0.15) is 0 Å². The van der Waals surface area contributed by atoms with Crippen molar-refractivity contribution < 1.29 is 13.2 Å². The summed E-state index contributed by atoms with van der Waals surface area (Å²) in [5, 5.41) is 3.26. The first-order valence-corrected chi connectivity index (χ1v) is 12.5. The molecule has 0 aliphatic carbocycles. The van der Waals surface area contributed by atoms with Crippen LogP contribution in [0.25, 0.3) is 0 Å². The Labute approximate surface area is 196 Å². The number of halogens is 2. The third kappa shape index (κ3) is 6.40. The van der Waals surface area contributed by atoms with Crippen LogP contribution in [0.4, 0.5) is 5.69 Å². The molecule has 0 fully saturated rings. The van der Waals surface area contributed by atoms with Crippen LogP contribution in [0.15, 0.2) is 88.7 Å². The zero-order valence-electron chi connectivity index (χ0n) is 16.4. The fourth-order valence-corrected chi connectivity index (χ4v) is 5.44. The molecule has 0 aliphatic heterocycles. The molecule has 0 heterocycles. The normalized spacial score (nSPS) is 11.2. The monoisotopic (exact) mass is 494 g/mol. The lowest BCUT2D eigenvalue weighted by atomic mass is 10.3.